The smallest absolute Gasteiger partial charge is 0.131 e. The molecule has 1 heterocycles. The van der Waals surface area contributed by atoms with Gasteiger partial charge in [0.1, 0.15) is 5.82 Å². The average molecular weight is 305 g/mol. The van der Waals surface area contributed by atoms with Crippen LogP contribution in [-0.2, 0) is 6.54 Å². The largest absolute Gasteiger partial charge is 0.299 e. The van der Waals surface area contributed by atoms with E-state index in [0.29, 0.717) is 5.39 Å². The van der Waals surface area contributed by atoms with Gasteiger partial charge in [-0.05, 0) is 42.9 Å². The molecule has 0 N–H and O–H groups in total. The molecule has 1 aliphatic heterocycles. The molecule has 4 heteroatoms. The Balaban J connectivity index is 0.00000161. The molecule has 0 amide bonds. The van der Waals surface area contributed by atoms with Crippen molar-refractivity contribution in [2.45, 2.75) is 19.4 Å². The van der Waals surface area contributed by atoms with Gasteiger partial charge in [0.25, 0.3) is 0 Å². The van der Waals surface area contributed by atoms with Crippen molar-refractivity contribution < 1.29 is 4.39 Å². The van der Waals surface area contributed by atoms with Crippen LogP contribution in [0.5, 0.6) is 0 Å². The van der Waals surface area contributed by atoms with Gasteiger partial charge in [0.05, 0.1) is 6.07 Å². The summed E-state index contributed by atoms with van der Waals surface area (Å²) in [5.41, 5.74) is 1.16. The summed E-state index contributed by atoms with van der Waals surface area (Å²) < 4.78 is 13.8. The normalized spacial score (nSPS) is 16.4. The third-order valence-electron chi connectivity index (χ3n) is 4.13. The van der Waals surface area contributed by atoms with Gasteiger partial charge in [-0.3, -0.25) is 4.90 Å². The summed E-state index contributed by atoms with van der Waals surface area (Å²) in [6.07, 6.45) is 1.88. The first-order valence-corrected chi connectivity index (χ1v) is 7.06. The maximum absolute atomic E-state index is 13.8. The predicted molar refractivity (Wildman–Crippen MR) is 84.8 cm³/mol. The highest BCUT2D eigenvalue weighted by atomic mass is 35.5. The molecular weight excluding hydrogens is 287 g/mol. The number of likely N-dealkylation sites (tertiary alicyclic amines) is 1. The molecule has 1 fully saturated rings. The molecule has 0 atom stereocenters. The summed E-state index contributed by atoms with van der Waals surface area (Å²) in [7, 11) is 0. The fourth-order valence-corrected chi connectivity index (χ4v) is 2.92. The summed E-state index contributed by atoms with van der Waals surface area (Å²) >= 11 is 0. The lowest BCUT2D eigenvalue weighted by Gasteiger charge is -2.29. The summed E-state index contributed by atoms with van der Waals surface area (Å²) in [5.74, 6) is 0.0451. The molecule has 0 saturated carbocycles. The molecule has 2 aromatic carbocycles. The van der Waals surface area contributed by atoms with Crippen molar-refractivity contribution in [1.29, 1.82) is 5.26 Å². The van der Waals surface area contributed by atoms with Crippen LogP contribution in [0.1, 0.15) is 18.4 Å². The van der Waals surface area contributed by atoms with Crippen molar-refractivity contribution in [3.8, 4) is 6.07 Å². The third kappa shape index (κ3) is 3.34. The number of hydrogen-bond acceptors (Lipinski definition) is 2. The summed E-state index contributed by atoms with van der Waals surface area (Å²) in [6, 6.07) is 13.4. The number of rotatable bonds is 2. The maximum Gasteiger partial charge on any atom is 0.131 e. The molecule has 0 radical (unpaired) electrons. The van der Waals surface area contributed by atoms with Crippen molar-refractivity contribution in [1.82, 2.24) is 4.90 Å². The van der Waals surface area contributed by atoms with Crippen LogP contribution in [0, 0.1) is 23.1 Å². The first-order chi connectivity index (χ1) is 9.78. The zero-order valence-electron chi connectivity index (χ0n) is 11.8. The minimum atomic E-state index is -0.160. The van der Waals surface area contributed by atoms with Gasteiger partial charge >= 0.3 is 0 Å². The Kier molecular flexibility index (Phi) is 5.17. The molecule has 0 spiro atoms. The molecule has 1 saturated heterocycles. The first-order valence-electron chi connectivity index (χ1n) is 7.06. The van der Waals surface area contributed by atoms with E-state index >= 15 is 0 Å². The first kappa shape index (κ1) is 15.8. The van der Waals surface area contributed by atoms with Gasteiger partial charge in [-0.1, -0.05) is 30.3 Å². The van der Waals surface area contributed by atoms with Crippen LogP contribution in [0.15, 0.2) is 36.4 Å². The van der Waals surface area contributed by atoms with E-state index in [1.807, 2.05) is 30.3 Å². The van der Waals surface area contributed by atoms with Crippen LogP contribution in [-0.4, -0.2) is 18.0 Å². The van der Waals surface area contributed by atoms with E-state index in [9.17, 15) is 4.39 Å². The Morgan fingerprint density at radius 1 is 1.10 bits per heavy atom. The monoisotopic (exact) mass is 304 g/mol. The Morgan fingerprint density at radius 3 is 2.43 bits per heavy atom. The van der Waals surface area contributed by atoms with Gasteiger partial charge in [0, 0.05) is 17.8 Å². The molecular formula is C17H18ClFN2. The highest BCUT2D eigenvalue weighted by Gasteiger charge is 2.19. The van der Waals surface area contributed by atoms with Crippen LogP contribution in [0.4, 0.5) is 4.39 Å². The quantitative estimate of drug-likeness (QED) is 0.834. The van der Waals surface area contributed by atoms with Crippen molar-refractivity contribution in [2.24, 2.45) is 5.92 Å². The Bertz CT molecular complexity index is 657. The van der Waals surface area contributed by atoms with Crippen molar-refractivity contribution in [2.75, 3.05) is 13.1 Å². The van der Waals surface area contributed by atoms with Gasteiger partial charge in [-0.25, -0.2) is 4.39 Å². The topological polar surface area (TPSA) is 27.0 Å². The van der Waals surface area contributed by atoms with E-state index in [4.69, 9.17) is 5.26 Å². The predicted octanol–water partition coefficient (Wildman–Crippen LogP) is 4.14. The zero-order chi connectivity index (χ0) is 13.9. The van der Waals surface area contributed by atoms with Crippen molar-refractivity contribution >= 4 is 23.2 Å². The van der Waals surface area contributed by atoms with E-state index < -0.39 is 0 Å². The van der Waals surface area contributed by atoms with Gasteiger partial charge in [-0.2, -0.15) is 5.26 Å². The second-order valence-corrected chi connectivity index (χ2v) is 5.43. The Hall–Kier alpha value is -1.63. The van der Waals surface area contributed by atoms with Gasteiger partial charge in [0.2, 0.25) is 0 Å². The minimum Gasteiger partial charge on any atom is -0.299 e. The number of nitrogens with zero attached hydrogens (tertiary/aromatic N) is 2. The van der Waals surface area contributed by atoms with E-state index in [-0.39, 0.29) is 24.1 Å². The van der Waals surface area contributed by atoms with Gasteiger partial charge in [-0.15, -0.1) is 12.4 Å². The Labute approximate surface area is 130 Å². The molecule has 0 aliphatic carbocycles. The highest BCUT2D eigenvalue weighted by molar-refractivity contribution is 5.86. The third-order valence-corrected chi connectivity index (χ3v) is 4.13. The number of benzene rings is 2. The second-order valence-electron chi connectivity index (χ2n) is 5.43. The molecule has 110 valence electrons. The van der Waals surface area contributed by atoms with Crippen LogP contribution < -0.4 is 0 Å². The lowest BCUT2D eigenvalue weighted by molar-refractivity contribution is 0.199. The van der Waals surface area contributed by atoms with E-state index in [1.165, 1.54) is 0 Å². The Morgan fingerprint density at radius 2 is 1.76 bits per heavy atom. The fraction of sp³-hybridized carbons (Fsp3) is 0.353. The highest BCUT2D eigenvalue weighted by Crippen LogP contribution is 2.25. The van der Waals surface area contributed by atoms with Crippen LogP contribution in [0.2, 0.25) is 0 Å². The summed E-state index contributed by atoms with van der Waals surface area (Å²) in [4.78, 5) is 2.35. The minimum absolute atomic E-state index is 0. The van der Waals surface area contributed by atoms with E-state index in [0.717, 1.165) is 43.4 Å². The van der Waals surface area contributed by atoms with Gasteiger partial charge in [0.15, 0.2) is 0 Å². The fourth-order valence-electron chi connectivity index (χ4n) is 2.92. The standard InChI is InChI=1S/C17H17FN2.ClH/c18-17-6-5-14(15-3-1-2-4-16(15)17)12-20-9-7-13(11-19)8-10-20;/h1-6,13H,7-10,12H2;1H. The molecule has 21 heavy (non-hydrogen) atoms. The molecule has 2 nitrogen and oxygen atoms in total. The summed E-state index contributed by atoms with van der Waals surface area (Å²) in [5, 5.41) is 10.6. The molecule has 0 bridgehead atoms. The van der Waals surface area contributed by atoms with Gasteiger partial charge < -0.3 is 0 Å². The summed E-state index contributed by atoms with van der Waals surface area (Å²) in [6.45, 7) is 2.73. The van der Waals surface area contributed by atoms with E-state index in [1.54, 1.807) is 6.07 Å². The second kappa shape index (κ2) is 6.89. The molecule has 1 aliphatic rings. The lowest BCUT2D eigenvalue weighted by atomic mass is 9.97. The number of fused-ring (bicyclic) bond motifs is 1. The SMILES string of the molecule is Cl.N#CC1CCN(Cc2ccc(F)c3ccccc23)CC1. The lowest BCUT2D eigenvalue weighted by Crippen LogP contribution is -2.32. The molecule has 0 unspecified atom stereocenters. The van der Waals surface area contributed by atoms with E-state index in [2.05, 4.69) is 11.0 Å². The molecule has 0 aromatic heterocycles. The molecule has 2 aromatic rings. The number of halogens is 2. The van der Waals surface area contributed by atoms with Crippen LogP contribution in [0.25, 0.3) is 10.8 Å². The van der Waals surface area contributed by atoms with Crippen LogP contribution >= 0.6 is 12.4 Å². The number of piperidine rings is 1. The molecule has 3 rings (SSSR count). The van der Waals surface area contributed by atoms with Crippen LogP contribution in [0.3, 0.4) is 0 Å². The number of hydrogen-bond donors (Lipinski definition) is 0. The maximum atomic E-state index is 13.8. The zero-order valence-corrected chi connectivity index (χ0v) is 12.6. The number of nitriles is 1. The average Bonchev–Trinajstić information content (AvgIpc) is 2.51. The van der Waals surface area contributed by atoms with Crippen molar-refractivity contribution in [3.63, 3.8) is 0 Å². The van der Waals surface area contributed by atoms with Crippen molar-refractivity contribution in [3.05, 3.63) is 47.8 Å².